The summed E-state index contributed by atoms with van der Waals surface area (Å²) < 4.78 is 0. The van der Waals surface area contributed by atoms with Crippen molar-refractivity contribution in [1.82, 2.24) is 0 Å². The minimum absolute atomic E-state index is 0.992. The minimum Gasteiger partial charge on any atom is -0.261 e. The van der Waals surface area contributed by atoms with Crippen LogP contribution in [0.25, 0.3) is 16.0 Å². The Morgan fingerprint density at radius 3 is 2.68 bits per heavy atom. The van der Waals surface area contributed by atoms with Gasteiger partial charge in [0.15, 0.2) is 0 Å². The van der Waals surface area contributed by atoms with Crippen LogP contribution in [0.15, 0.2) is 41.9 Å². The van der Waals surface area contributed by atoms with Crippen molar-refractivity contribution in [2.24, 2.45) is 4.99 Å². The van der Waals surface area contributed by atoms with E-state index in [2.05, 4.69) is 48.8 Å². The molecule has 0 aliphatic heterocycles. The van der Waals surface area contributed by atoms with Gasteiger partial charge in [0.1, 0.15) is 0 Å². The molecule has 1 heterocycles. The predicted molar refractivity (Wildman–Crippen MR) is 87.7 cm³/mol. The molecule has 1 aromatic heterocycles. The fourth-order valence-corrected chi connectivity index (χ4v) is 2.95. The molecule has 0 atom stereocenters. The van der Waals surface area contributed by atoms with Crippen molar-refractivity contribution in [3.05, 3.63) is 47.4 Å². The molecule has 98 valence electrons. The van der Waals surface area contributed by atoms with E-state index in [0.717, 1.165) is 23.2 Å². The number of hydrogen-bond acceptors (Lipinski definition) is 2. The molecule has 0 fully saturated rings. The maximum Gasteiger partial charge on any atom is 0.0700 e. The van der Waals surface area contributed by atoms with Crippen molar-refractivity contribution < 1.29 is 0 Å². The van der Waals surface area contributed by atoms with Crippen LogP contribution < -0.4 is 0 Å². The zero-order valence-electron chi connectivity index (χ0n) is 11.7. The van der Waals surface area contributed by atoms with Crippen LogP contribution in [0.2, 0.25) is 0 Å². The Kier molecular flexibility index (Phi) is 4.33. The summed E-state index contributed by atoms with van der Waals surface area (Å²) in [6.45, 7) is 10.2. The second-order valence-electron chi connectivity index (χ2n) is 4.52. The van der Waals surface area contributed by atoms with E-state index in [0.29, 0.717) is 0 Å². The highest BCUT2D eigenvalue weighted by Gasteiger charge is 2.07. The third-order valence-corrected chi connectivity index (χ3v) is 4.30. The standard InChI is InChI=1S/C17H19NS/c1-5-14-8-10-17(19-14)13-7-9-16(18-6-2)15(11-13)12(3)4/h6-11H,3,5H2,1-2,4H3. The van der Waals surface area contributed by atoms with Gasteiger partial charge in [-0.15, -0.1) is 11.3 Å². The number of rotatable bonds is 4. The van der Waals surface area contributed by atoms with Gasteiger partial charge in [-0.1, -0.05) is 19.6 Å². The number of allylic oxidation sites excluding steroid dienone is 1. The number of thiophene rings is 1. The minimum atomic E-state index is 0.992. The van der Waals surface area contributed by atoms with Crippen LogP contribution in [0.1, 0.15) is 31.2 Å². The first-order chi connectivity index (χ1) is 9.15. The van der Waals surface area contributed by atoms with Gasteiger partial charge in [-0.2, -0.15) is 0 Å². The number of nitrogens with zero attached hydrogens (tertiary/aromatic N) is 1. The van der Waals surface area contributed by atoms with Crippen LogP contribution in [0.5, 0.6) is 0 Å². The lowest BCUT2D eigenvalue weighted by Gasteiger charge is -2.07. The Balaban J connectivity index is 2.48. The molecule has 0 saturated carbocycles. The summed E-state index contributed by atoms with van der Waals surface area (Å²) in [6, 6.07) is 10.8. The van der Waals surface area contributed by atoms with Gasteiger partial charge < -0.3 is 0 Å². The third-order valence-electron chi connectivity index (χ3n) is 3.02. The molecule has 0 unspecified atom stereocenters. The number of hydrogen-bond donors (Lipinski definition) is 0. The molecule has 2 heteroatoms. The molecule has 1 aromatic carbocycles. The van der Waals surface area contributed by atoms with Gasteiger partial charge >= 0.3 is 0 Å². The maximum absolute atomic E-state index is 4.40. The zero-order chi connectivity index (χ0) is 13.8. The summed E-state index contributed by atoms with van der Waals surface area (Å²) in [4.78, 5) is 7.13. The molecule has 19 heavy (non-hydrogen) atoms. The smallest absolute Gasteiger partial charge is 0.0700 e. The third kappa shape index (κ3) is 3.02. The summed E-state index contributed by atoms with van der Waals surface area (Å²) in [6.07, 6.45) is 2.91. The second-order valence-corrected chi connectivity index (χ2v) is 5.69. The van der Waals surface area contributed by atoms with Crippen LogP contribution in [-0.4, -0.2) is 6.21 Å². The topological polar surface area (TPSA) is 12.4 Å². The number of aryl methyl sites for hydroxylation is 1. The normalized spacial score (nSPS) is 11.1. The molecule has 0 aliphatic rings. The van der Waals surface area contributed by atoms with Crippen molar-refractivity contribution in [2.75, 3.05) is 0 Å². The highest BCUT2D eigenvalue weighted by atomic mass is 32.1. The molecular weight excluding hydrogens is 250 g/mol. The van der Waals surface area contributed by atoms with E-state index in [9.17, 15) is 0 Å². The van der Waals surface area contributed by atoms with Crippen LogP contribution in [0.3, 0.4) is 0 Å². The molecule has 0 radical (unpaired) electrons. The molecule has 0 saturated heterocycles. The highest BCUT2D eigenvalue weighted by Crippen LogP contribution is 2.34. The molecule has 0 bridgehead atoms. The molecular formula is C17H19NS. The van der Waals surface area contributed by atoms with E-state index in [4.69, 9.17) is 0 Å². The van der Waals surface area contributed by atoms with Crippen LogP contribution >= 0.6 is 11.3 Å². The molecule has 2 rings (SSSR count). The van der Waals surface area contributed by atoms with Gasteiger partial charge in [-0.05, 0) is 55.7 Å². The second kappa shape index (κ2) is 5.98. The quantitative estimate of drug-likeness (QED) is 0.628. The largest absolute Gasteiger partial charge is 0.261 e. The fourth-order valence-electron chi connectivity index (χ4n) is 2.01. The SMILES string of the molecule is C=C(C)c1cc(-c2ccc(CC)s2)ccc1N=CC. The van der Waals surface area contributed by atoms with E-state index >= 15 is 0 Å². The lowest BCUT2D eigenvalue weighted by Crippen LogP contribution is -1.82. The van der Waals surface area contributed by atoms with E-state index in [1.54, 1.807) is 0 Å². The monoisotopic (exact) mass is 269 g/mol. The van der Waals surface area contributed by atoms with E-state index < -0.39 is 0 Å². The summed E-state index contributed by atoms with van der Waals surface area (Å²) >= 11 is 1.86. The van der Waals surface area contributed by atoms with Gasteiger partial charge in [0.2, 0.25) is 0 Å². The first-order valence-corrected chi connectivity index (χ1v) is 7.35. The predicted octanol–water partition coefficient (Wildman–Crippen LogP) is 5.73. The van der Waals surface area contributed by atoms with E-state index in [-0.39, 0.29) is 0 Å². The van der Waals surface area contributed by atoms with Gasteiger partial charge in [0, 0.05) is 21.5 Å². The molecule has 0 aliphatic carbocycles. The first kappa shape index (κ1) is 13.8. The van der Waals surface area contributed by atoms with Crippen LogP contribution in [-0.2, 0) is 6.42 Å². The summed E-state index contributed by atoms with van der Waals surface area (Å²) in [5, 5.41) is 0. The van der Waals surface area contributed by atoms with Gasteiger partial charge in [0.05, 0.1) is 5.69 Å². The van der Waals surface area contributed by atoms with Crippen LogP contribution in [0, 0.1) is 0 Å². The fraction of sp³-hybridized carbons (Fsp3) is 0.235. The molecule has 0 N–H and O–H groups in total. The Morgan fingerprint density at radius 2 is 2.11 bits per heavy atom. The molecule has 0 spiro atoms. The molecule has 0 amide bonds. The maximum atomic E-state index is 4.40. The highest BCUT2D eigenvalue weighted by molar-refractivity contribution is 7.15. The molecule has 2 aromatic rings. The Bertz CT molecular complexity index is 620. The summed E-state index contributed by atoms with van der Waals surface area (Å²) in [5.41, 5.74) is 4.42. The van der Waals surface area contributed by atoms with Gasteiger partial charge in [-0.3, -0.25) is 4.99 Å². The average molecular weight is 269 g/mol. The Labute approximate surface area is 119 Å². The average Bonchev–Trinajstić information content (AvgIpc) is 2.88. The van der Waals surface area contributed by atoms with Crippen molar-refractivity contribution >= 4 is 28.8 Å². The van der Waals surface area contributed by atoms with E-state index in [1.807, 2.05) is 31.4 Å². The Morgan fingerprint density at radius 1 is 1.32 bits per heavy atom. The number of aliphatic imine (C=N–C) groups is 1. The van der Waals surface area contributed by atoms with Crippen molar-refractivity contribution in [2.45, 2.75) is 27.2 Å². The van der Waals surface area contributed by atoms with Crippen LogP contribution in [0.4, 0.5) is 5.69 Å². The molecule has 1 nitrogen and oxygen atoms in total. The Hall–Kier alpha value is -1.67. The van der Waals surface area contributed by atoms with Crippen molar-refractivity contribution in [3.63, 3.8) is 0 Å². The van der Waals surface area contributed by atoms with E-state index in [1.165, 1.54) is 15.3 Å². The van der Waals surface area contributed by atoms with Crippen molar-refractivity contribution in [3.8, 4) is 10.4 Å². The van der Waals surface area contributed by atoms with Gasteiger partial charge in [-0.25, -0.2) is 0 Å². The van der Waals surface area contributed by atoms with Crippen molar-refractivity contribution in [1.29, 1.82) is 0 Å². The summed E-state index contributed by atoms with van der Waals surface area (Å²) in [5.74, 6) is 0. The first-order valence-electron chi connectivity index (χ1n) is 6.53. The lowest BCUT2D eigenvalue weighted by molar-refractivity contribution is 1.19. The van der Waals surface area contributed by atoms with Gasteiger partial charge in [0.25, 0.3) is 0 Å². The summed E-state index contributed by atoms with van der Waals surface area (Å²) in [7, 11) is 0. The number of benzene rings is 1. The zero-order valence-corrected chi connectivity index (χ0v) is 12.6. The lowest BCUT2D eigenvalue weighted by atomic mass is 10.0.